The van der Waals surface area contributed by atoms with E-state index in [2.05, 4.69) is 5.32 Å². The predicted molar refractivity (Wildman–Crippen MR) is 76.0 cm³/mol. The van der Waals surface area contributed by atoms with Crippen LogP contribution < -0.4 is 5.32 Å². The van der Waals surface area contributed by atoms with E-state index in [9.17, 15) is 8.42 Å². The molecule has 0 atom stereocenters. The van der Waals surface area contributed by atoms with Gasteiger partial charge in [0.1, 0.15) is 0 Å². The lowest BCUT2D eigenvalue weighted by molar-refractivity contribution is 0.148. The molecule has 3 rings (SSSR count). The number of nitrogens with one attached hydrogen (secondary N) is 1. The first-order chi connectivity index (χ1) is 9.69. The van der Waals surface area contributed by atoms with Gasteiger partial charge < -0.3 is 10.1 Å². The van der Waals surface area contributed by atoms with Gasteiger partial charge in [-0.2, -0.15) is 4.31 Å². The molecule has 1 saturated heterocycles. The Labute approximate surface area is 120 Å². The third-order valence-corrected chi connectivity index (χ3v) is 5.88. The van der Waals surface area contributed by atoms with E-state index < -0.39 is 10.0 Å². The molecule has 1 aromatic carbocycles. The average molecular weight is 296 g/mol. The monoisotopic (exact) mass is 296 g/mol. The number of hydrogen-bond acceptors (Lipinski definition) is 4. The van der Waals surface area contributed by atoms with Crippen LogP contribution in [0, 0.1) is 0 Å². The Morgan fingerprint density at radius 3 is 3.00 bits per heavy atom. The third kappa shape index (κ3) is 2.61. The van der Waals surface area contributed by atoms with Crippen LogP contribution >= 0.6 is 0 Å². The third-order valence-electron chi connectivity index (χ3n) is 3.90. The zero-order chi connectivity index (χ0) is 14.0. The van der Waals surface area contributed by atoms with E-state index in [1.54, 1.807) is 10.4 Å². The smallest absolute Gasteiger partial charge is 0.243 e. The second kappa shape index (κ2) is 5.81. The summed E-state index contributed by atoms with van der Waals surface area (Å²) in [6.45, 7) is 3.71. The molecule has 0 aromatic heterocycles. The Morgan fingerprint density at radius 1 is 1.20 bits per heavy atom. The van der Waals surface area contributed by atoms with Crippen molar-refractivity contribution in [2.24, 2.45) is 0 Å². The molecular formula is C14H20N2O3S. The van der Waals surface area contributed by atoms with E-state index in [0.29, 0.717) is 31.2 Å². The SMILES string of the molecule is O=S(=O)(c1cccc2c1CCNC2)N1CCCOCC1. The zero-order valence-electron chi connectivity index (χ0n) is 11.5. The van der Waals surface area contributed by atoms with Crippen molar-refractivity contribution in [3.8, 4) is 0 Å². The van der Waals surface area contributed by atoms with Crippen LogP contribution in [0.3, 0.4) is 0 Å². The van der Waals surface area contributed by atoms with E-state index in [-0.39, 0.29) is 0 Å². The number of benzene rings is 1. The van der Waals surface area contributed by atoms with Crippen molar-refractivity contribution in [2.75, 3.05) is 32.8 Å². The first kappa shape index (κ1) is 14.0. The summed E-state index contributed by atoms with van der Waals surface area (Å²) in [7, 11) is -3.40. The Morgan fingerprint density at radius 2 is 2.10 bits per heavy atom. The highest BCUT2D eigenvalue weighted by atomic mass is 32.2. The second-order valence-electron chi connectivity index (χ2n) is 5.19. The number of ether oxygens (including phenoxy) is 1. The summed E-state index contributed by atoms with van der Waals surface area (Å²) in [5.41, 5.74) is 2.08. The summed E-state index contributed by atoms with van der Waals surface area (Å²) in [5.74, 6) is 0. The minimum Gasteiger partial charge on any atom is -0.380 e. The summed E-state index contributed by atoms with van der Waals surface area (Å²) >= 11 is 0. The molecule has 0 amide bonds. The van der Waals surface area contributed by atoms with Crippen LogP contribution in [0.5, 0.6) is 0 Å². The van der Waals surface area contributed by atoms with Crippen molar-refractivity contribution in [2.45, 2.75) is 24.3 Å². The number of fused-ring (bicyclic) bond motifs is 1. The van der Waals surface area contributed by atoms with E-state index in [4.69, 9.17) is 4.74 Å². The van der Waals surface area contributed by atoms with Crippen LogP contribution in [0.4, 0.5) is 0 Å². The molecule has 2 aliphatic heterocycles. The average Bonchev–Trinajstić information content (AvgIpc) is 2.76. The quantitative estimate of drug-likeness (QED) is 0.875. The molecule has 0 aliphatic carbocycles. The number of rotatable bonds is 2. The molecule has 1 N–H and O–H groups in total. The lowest BCUT2D eigenvalue weighted by atomic mass is 10.0. The van der Waals surface area contributed by atoms with Gasteiger partial charge >= 0.3 is 0 Å². The van der Waals surface area contributed by atoms with Crippen LogP contribution in [0.1, 0.15) is 17.5 Å². The van der Waals surface area contributed by atoms with Crippen molar-refractivity contribution < 1.29 is 13.2 Å². The Kier molecular flexibility index (Phi) is 4.07. The summed E-state index contributed by atoms with van der Waals surface area (Å²) in [5, 5.41) is 3.28. The summed E-state index contributed by atoms with van der Waals surface area (Å²) in [4.78, 5) is 0.485. The molecule has 2 aliphatic rings. The van der Waals surface area contributed by atoms with Gasteiger partial charge in [0, 0.05) is 26.2 Å². The minimum absolute atomic E-state index is 0.449. The van der Waals surface area contributed by atoms with Gasteiger partial charge in [-0.05, 0) is 36.6 Å². The molecule has 5 nitrogen and oxygen atoms in total. The van der Waals surface area contributed by atoms with Crippen LogP contribution in [0.15, 0.2) is 23.1 Å². The van der Waals surface area contributed by atoms with Crippen molar-refractivity contribution >= 4 is 10.0 Å². The van der Waals surface area contributed by atoms with Crippen LogP contribution in [0.25, 0.3) is 0 Å². The molecule has 2 heterocycles. The standard InChI is InChI=1S/C14H20N2O3S/c17-20(18,16-7-2-9-19-10-8-16)14-4-1-3-12-11-15-6-5-13(12)14/h1,3-4,15H,2,5-11H2. The topological polar surface area (TPSA) is 58.6 Å². The predicted octanol–water partition coefficient (Wildman–Crippen LogP) is 0.743. The molecule has 110 valence electrons. The molecule has 0 saturated carbocycles. The highest BCUT2D eigenvalue weighted by Crippen LogP contribution is 2.26. The fraction of sp³-hybridized carbons (Fsp3) is 0.571. The fourth-order valence-corrected chi connectivity index (χ4v) is 4.60. The van der Waals surface area contributed by atoms with Crippen molar-refractivity contribution in [1.29, 1.82) is 0 Å². The Bertz CT molecular complexity index is 578. The molecule has 0 spiro atoms. The molecular weight excluding hydrogens is 276 g/mol. The number of hydrogen-bond donors (Lipinski definition) is 1. The normalized spacial score (nSPS) is 21.2. The molecule has 1 fully saturated rings. The zero-order valence-corrected chi connectivity index (χ0v) is 12.3. The van der Waals surface area contributed by atoms with Gasteiger partial charge in [0.2, 0.25) is 10.0 Å². The highest BCUT2D eigenvalue weighted by molar-refractivity contribution is 7.89. The summed E-state index contributed by atoms with van der Waals surface area (Å²) in [6.07, 6.45) is 1.53. The van der Waals surface area contributed by atoms with Gasteiger partial charge in [-0.15, -0.1) is 0 Å². The first-order valence-corrected chi connectivity index (χ1v) is 8.53. The summed E-state index contributed by atoms with van der Waals surface area (Å²) in [6, 6.07) is 5.59. The molecule has 20 heavy (non-hydrogen) atoms. The maximum atomic E-state index is 12.9. The second-order valence-corrected chi connectivity index (χ2v) is 7.10. The van der Waals surface area contributed by atoms with Crippen LogP contribution in [-0.4, -0.2) is 45.6 Å². The molecule has 6 heteroatoms. The molecule has 0 unspecified atom stereocenters. The maximum Gasteiger partial charge on any atom is 0.243 e. The number of sulfonamides is 1. The van der Waals surface area contributed by atoms with Gasteiger partial charge in [-0.25, -0.2) is 8.42 Å². The first-order valence-electron chi connectivity index (χ1n) is 7.09. The van der Waals surface area contributed by atoms with Gasteiger partial charge in [-0.3, -0.25) is 0 Å². The lowest BCUT2D eigenvalue weighted by Gasteiger charge is -2.24. The molecule has 0 radical (unpaired) electrons. The van der Waals surface area contributed by atoms with Gasteiger partial charge in [0.25, 0.3) is 0 Å². The van der Waals surface area contributed by atoms with Gasteiger partial charge in [0.15, 0.2) is 0 Å². The lowest BCUT2D eigenvalue weighted by Crippen LogP contribution is -2.35. The minimum atomic E-state index is -3.40. The Balaban J connectivity index is 1.98. The van der Waals surface area contributed by atoms with Crippen molar-refractivity contribution in [3.05, 3.63) is 29.3 Å². The van der Waals surface area contributed by atoms with Gasteiger partial charge in [0.05, 0.1) is 11.5 Å². The van der Waals surface area contributed by atoms with Gasteiger partial charge in [-0.1, -0.05) is 12.1 Å². The van der Waals surface area contributed by atoms with E-state index in [1.165, 1.54) is 0 Å². The molecule has 0 bridgehead atoms. The fourth-order valence-electron chi connectivity index (χ4n) is 2.84. The summed E-state index contributed by atoms with van der Waals surface area (Å²) < 4.78 is 32.6. The van der Waals surface area contributed by atoms with E-state index in [0.717, 1.165) is 37.1 Å². The van der Waals surface area contributed by atoms with Crippen LogP contribution in [-0.2, 0) is 27.7 Å². The van der Waals surface area contributed by atoms with E-state index >= 15 is 0 Å². The van der Waals surface area contributed by atoms with Crippen LogP contribution in [0.2, 0.25) is 0 Å². The Hall–Kier alpha value is -0.950. The maximum absolute atomic E-state index is 12.9. The van der Waals surface area contributed by atoms with Crippen molar-refractivity contribution in [3.63, 3.8) is 0 Å². The number of nitrogens with zero attached hydrogens (tertiary/aromatic N) is 1. The molecule has 1 aromatic rings. The largest absolute Gasteiger partial charge is 0.380 e. The van der Waals surface area contributed by atoms with E-state index in [1.807, 2.05) is 12.1 Å². The highest BCUT2D eigenvalue weighted by Gasteiger charge is 2.29. The van der Waals surface area contributed by atoms with Crippen molar-refractivity contribution in [1.82, 2.24) is 9.62 Å².